The predicted molar refractivity (Wildman–Crippen MR) is 74.5 cm³/mol. The highest BCUT2D eigenvalue weighted by Crippen LogP contribution is 2.21. The van der Waals surface area contributed by atoms with Gasteiger partial charge in [-0.25, -0.2) is 0 Å². The second kappa shape index (κ2) is 4.24. The zero-order valence-electron chi connectivity index (χ0n) is 10.3. The fourth-order valence-electron chi connectivity index (χ4n) is 2.04. The van der Waals surface area contributed by atoms with Crippen molar-refractivity contribution in [2.75, 3.05) is 0 Å². The molecule has 0 atom stereocenters. The molecule has 0 radical (unpaired) electrons. The number of halogens is 1. The van der Waals surface area contributed by atoms with Crippen molar-refractivity contribution in [3.8, 4) is 0 Å². The molecule has 0 aliphatic heterocycles. The highest BCUT2D eigenvalue weighted by atomic mass is 79.9. The Morgan fingerprint density at radius 1 is 1.22 bits per heavy atom. The second-order valence-corrected chi connectivity index (χ2v) is 5.28. The highest BCUT2D eigenvalue weighted by molar-refractivity contribution is 9.10. The van der Waals surface area contributed by atoms with Gasteiger partial charge in [0, 0.05) is 23.2 Å². The van der Waals surface area contributed by atoms with Crippen molar-refractivity contribution in [2.45, 2.75) is 13.5 Å². The molecule has 0 N–H and O–H groups in total. The number of benzene rings is 1. The number of hydrogen-bond donors (Lipinski definition) is 0. The third kappa shape index (κ3) is 1.84. The molecule has 92 valence electrons. The fraction of sp³-hybridized carbons (Fsp3) is 0.231. The first-order chi connectivity index (χ1) is 8.65. The molecule has 2 heterocycles. The molecule has 1 aromatic carbocycles. The molecule has 0 unspecified atom stereocenters. The van der Waals surface area contributed by atoms with Crippen molar-refractivity contribution < 1.29 is 0 Å². The molecule has 0 saturated heterocycles. The van der Waals surface area contributed by atoms with E-state index in [1.165, 1.54) is 10.9 Å². The molecule has 0 spiro atoms. The van der Waals surface area contributed by atoms with Crippen LogP contribution in [0, 0.1) is 6.92 Å². The Kier molecular flexibility index (Phi) is 2.70. The third-order valence-corrected chi connectivity index (χ3v) is 3.72. The zero-order valence-corrected chi connectivity index (χ0v) is 11.8. The van der Waals surface area contributed by atoms with Crippen LogP contribution in [0.2, 0.25) is 0 Å². The lowest BCUT2D eigenvalue weighted by atomic mass is 10.2. The molecule has 0 bridgehead atoms. The van der Waals surface area contributed by atoms with E-state index in [1.54, 1.807) is 0 Å². The average Bonchev–Trinajstić information content (AvgIpc) is 2.88. The lowest BCUT2D eigenvalue weighted by Gasteiger charge is -2.05. The Hall–Kier alpha value is -1.62. The van der Waals surface area contributed by atoms with Crippen LogP contribution in [0.1, 0.15) is 11.6 Å². The van der Waals surface area contributed by atoms with Crippen LogP contribution in [0.25, 0.3) is 10.9 Å². The van der Waals surface area contributed by atoms with Crippen molar-refractivity contribution in [1.29, 1.82) is 0 Å². The van der Waals surface area contributed by atoms with E-state index >= 15 is 0 Å². The number of nitrogens with zero attached hydrogens (tertiary/aromatic N) is 4. The van der Waals surface area contributed by atoms with Gasteiger partial charge in [-0.2, -0.15) is 0 Å². The van der Waals surface area contributed by atoms with Gasteiger partial charge in [-0.15, -0.1) is 10.2 Å². The smallest absolute Gasteiger partial charge is 0.152 e. The van der Waals surface area contributed by atoms with Crippen molar-refractivity contribution in [3.05, 3.63) is 46.6 Å². The Morgan fingerprint density at radius 2 is 2.06 bits per heavy atom. The number of hydrogen-bond acceptors (Lipinski definition) is 2. The van der Waals surface area contributed by atoms with Gasteiger partial charge in [0.25, 0.3) is 0 Å². The summed E-state index contributed by atoms with van der Waals surface area (Å²) in [6.45, 7) is 2.69. The molecule has 0 aliphatic carbocycles. The van der Waals surface area contributed by atoms with Gasteiger partial charge in [0.15, 0.2) is 5.82 Å². The summed E-state index contributed by atoms with van der Waals surface area (Å²) in [5, 5.41) is 9.52. The van der Waals surface area contributed by atoms with Gasteiger partial charge in [0.05, 0.1) is 6.54 Å². The summed E-state index contributed by atoms with van der Waals surface area (Å²) < 4.78 is 5.29. The molecule has 3 rings (SSSR count). The molecule has 2 aromatic heterocycles. The standard InChI is InChI=1S/C13H13BrN4/c1-9-15-16-13(17(9)2)8-18-6-5-10-3-4-11(14)7-12(10)18/h3-7H,8H2,1-2H3. The molecule has 5 heteroatoms. The number of aromatic nitrogens is 4. The molecule has 18 heavy (non-hydrogen) atoms. The fourth-order valence-corrected chi connectivity index (χ4v) is 2.39. The monoisotopic (exact) mass is 304 g/mol. The molecular formula is C13H13BrN4. The molecule has 0 saturated carbocycles. The van der Waals surface area contributed by atoms with E-state index in [0.717, 1.165) is 22.7 Å². The van der Waals surface area contributed by atoms with Crippen LogP contribution in [0.5, 0.6) is 0 Å². The predicted octanol–water partition coefficient (Wildman–Crippen LogP) is 2.89. The Morgan fingerprint density at radius 3 is 2.78 bits per heavy atom. The van der Waals surface area contributed by atoms with Gasteiger partial charge in [0.1, 0.15) is 5.82 Å². The van der Waals surface area contributed by atoms with E-state index < -0.39 is 0 Å². The quantitative estimate of drug-likeness (QED) is 0.730. The normalized spacial score (nSPS) is 11.3. The van der Waals surface area contributed by atoms with Crippen LogP contribution in [-0.4, -0.2) is 19.3 Å². The van der Waals surface area contributed by atoms with Gasteiger partial charge in [-0.3, -0.25) is 0 Å². The summed E-state index contributed by atoms with van der Waals surface area (Å²) in [5.41, 5.74) is 1.20. The topological polar surface area (TPSA) is 35.6 Å². The van der Waals surface area contributed by atoms with E-state index in [-0.39, 0.29) is 0 Å². The molecule has 3 aromatic rings. The minimum atomic E-state index is 0.733. The first-order valence-electron chi connectivity index (χ1n) is 5.74. The highest BCUT2D eigenvalue weighted by Gasteiger charge is 2.08. The molecular weight excluding hydrogens is 292 g/mol. The summed E-state index contributed by atoms with van der Waals surface area (Å²) >= 11 is 3.51. The van der Waals surface area contributed by atoms with Crippen LogP contribution in [0.15, 0.2) is 34.9 Å². The number of aryl methyl sites for hydroxylation is 1. The van der Waals surface area contributed by atoms with Gasteiger partial charge in [-0.1, -0.05) is 22.0 Å². The minimum Gasteiger partial charge on any atom is -0.340 e. The maximum atomic E-state index is 4.20. The van der Waals surface area contributed by atoms with Gasteiger partial charge in [0.2, 0.25) is 0 Å². The van der Waals surface area contributed by atoms with Crippen LogP contribution < -0.4 is 0 Å². The lowest BCUT2D eigenvalue weighted by Crippen LogP contribution is -2.05. The lowest BCUT2D eigenvalue weighted by molar-refractivity contribution is 0.708. The molecule has 4 nitrogen and oxygen atoms in total. The summed E-state index contributed by atoms with van der Waals surface area (Å²) in [6.07, 6.45) is 2.08. The molecule has 0 fully saturated rings. The van der Waals surface area contributed by atoms with E-state index in [0.29, 0.717) is 0 Å². The maximum Gasteiger partial charge on any atom is 0.152 e. The molecule has 0 amide bonds. The number of rotatable bonds is 2. The van der Waals surface area contributed by atoms with Crippen molar-refractivity contribution in [2.24, 2.45) is 7.05 Å². The Balaban J connectivity index is 2.05. The third-order valence-electron chi connectivity index (χ3n) is 3.23. The Labute approximate surface area is 113 Å². The van der Waals surface area contributed by atoms with Crippen molar-refractivity contribution >= 4 is 26.8 Å². The SMILES string of the molecule is Cc1nnc(Cn2ccc3ccc(Br)cc32)n1C. The van der Waals surface area contributed by atoms with E-state index in [9.17, 15) is 0 Å². The van der Waals surface area contributed by atoms with Crippen LogP contribution in [0.3, 0.4) is 0 Å². The first kappa shape index (κ1) is 11.5. The summed E-state index contributed by atoms with van der Waals surface area (Å²) in [5.74, 6) is 1.90. The van der Waals surface area contributed by atoms with Gasteiger partial charge < -0.3 is 9.13 Å². The largest absolute Gasteiger partial charge is 0.340 e. The second-order valence-electron chi connectivity index (χ2n) is 4.37. The minimum absolute atomic E-state index is 0.733. The van der Waals surface area contributed by atoms with E-state index in [4.69, 9.17) is 0 Å². The van der Waals surface area contributed by atoms with Crippen LogP contribution in [0.4, 0.5) is 0 Å². The summed E-state index contributed by atoms with van der Waals surface area (Å²) in [4.78, 5) is 0. The van der Waals surface area contributed by atoms with E-state index in [2.05, 4.69) is 61.2 Å². The Bertz CT molecular complexity index is 711. The van der Waals surface area contributed by atoms with Crippen LogP contribution >= 0.6 is 15.9 Å². The first-order valence-corrected chi connectivity index (χ1v) is 6.54. The van der Waals surface area contributed by atoms with E-state index in [1.807, 2.05) is 18.5 Å². The van der Waals surface area contributed by atoms with Gasteiger partial charge in [-0.05, 0) is 30.5 Å². The van der Waals surface area contributed by atoms with Crippen molar-refractivity contribution in [1.82, 2.24) is 19.3 Å². The maximum absolute atomic E-state index is 4.20. The van der Waals surface area contributed by atoms with Crippen LogP contribution in [-0.2, 0) is 13.6 Å². The molecule has 0 aliphatic rings. The number of fused-ring (bicyclic) bond motifs is 1. The zero-order chi connectivity index (χ0) is 12.7. The summed E-state index contributed by atoms with van der Waals surface area (Å²) in [7, 11) is 1.99. The average molecular weight is 305 g/mol. The van der Waals surface area contributed by atoms with Gasteiger partial charge >= 0.3 is 0 Å². The summed E-state index contributed by atoms with van der Waals surface area (Å²) in [6, 6.07) is 8.40. The van der Waals surface area contributed by atoms with Crippen molar-refractivity contribution in [3.63, 3.8) is 0 Å².